The Kier molecular flexibility index (Phi) is 4.41. The van der Waals surface area contributed by atoms with Gasteiger partial charge < -0.3 is 5.32 Å². The molecule has 2 fully saturated rings. The summed E-state index contributed by atoms with van der Waals surface area (Å²) in [6.07, 6.45) is 8.36. The van der Waals surface area contributed by atoms with Gasteiger partial charge >= 0.3 is 0 Å². The van der Waals surface area contributed by atoms with Crippen molar-refractivity contribution in [1.29, 1.82) is 0 Å². The third kappa shape index (κ3) is 3.51. The normalized spacial score (nSPS) is 22.5. The van der Waals surface area contributed by atoms with Crippen LogP contribution in [0.5, 0.6) is 0 Å². The first-order valence-electron chi connectivity index (χ1n) is 7.67. The lowest BCUT2D eigenvalue weighted by Gasteiger charge is -2.26. The van der Waals surface area contributed by atoms with Crippen LogP contribution in [0.1, 0.15) is 49.5 Å². The van der Waals surface area contributed by atoms with Crippen LogP contribution in [0.2, 0.25) is 0 Å². The maximum absolute atomic E-state index is 4.81. The maximum Gasteiger partial charge on any atom is 0.131 e. The SMILES string of the molecule is c1cc(CN2CCCCC2)nc(C2CCNCC2)n1. The van der Waals surface area contributed by atoms with E-state index in [1.54, 1.807) is 0 Å². The zero-order chi connectivity index (χ0) is 12.9. The molecule has 0 radical (unpaired) electrons. The van der Waals surface area contributed by atoms with Crippen molar-refractivity contribution in [1.82, 2.24) is 20.2 Å². The Morgan fingerprint density at radius 2 is 1.95 bits per heavy atom. The van der Waals surface area contributed by atoms with Crippen molar-refractivity contribution in [2.24, 2.45) is 0 Å². The average Bonchev–Trinajstić information content (AvgIpc) is 2.49. The molecule has 0 amide bonds. The van der Waals surface area contributed by atoms with Gasteiger partial charge in [0.05, 0.1) is 5.69 Å². The van der Waals surface area contributed by atoms with E-state index in [1.165, 1.54) is 50.9 Å². The molecule has 2 aliphatic heterocycles. The molecule has 3 heterocycles. The van der Waals surface area contributed by atoms with Gasteiger partial charge in [0, 0.05) is 18.7 Å². The predicted molar refractivity (Wildman–Crippen MR) is 76.0 cm³/mol. The number of likely N-dealkylation sites (tertiary alicyclic amines) is 1. The molecule has 0 spiro atoms. The Morgan fingerprint density at radius 1 is 1.16 bits per heavy atom. The largest absolute Gasteiger partial charge is 0.317 e. The molecule has 0 aliphatic carbocycles. The fourth-order valence-corrected chi connectivity index (χ4v) is 3.12. The zero-order valence-electron chi connectivity index (χ0n) is 11.6. The highest BCUT2D eigenvalue weighted by molar-refractivity contribution is 5.07. The summed E-state index contributed by atoms with van der Waals surface area (Å²) in [6, 6.07) is 2.08. The molecule has 1 aromatic heterocycles. The van der Waals surface area contributed by atoms with E-state index in [0.717, 1.165) is 25.5 Å². The first-order valence-corrected chi connectivity index (χ1v) is 7.67. The minimum absolute atomic E-state index is 0.558. The van der Waals surface area contributed by atoms with Crippen LogP contribution in [-0.2, 0) is 6.54 Å². The second-order valence-corrected chi connectivity index (χ2v) is 5.77. The Hall–Kier alpha value is -1.00. The van der Waals surface area contributed by atoms with Crippen molar-refractivity contribution in [3.8, 4) is 0 Å². The summed E-state index contributed by atoms with van der Waals surface area (Å²) in [4.78, 5) is 11.8. The number of aromatic nitrogens is 2. The summed E-state index contributed by atoms with van der Waals surface area (Å²) in [5, 5.41) is 3.40. The van der Waals surface area contributed by atoms with Gasteiger partial charge in [0.2, 0.25) is 0 Å². The molecule has 104 valence electrons. The van der Waals surface area contributed by atoms with Gasteiger partial charge in [-0.1, -0.05) is 6.42 Å². The van der Waals surface area contributed by atoms with Crippen LogP contribution in [-0.4, -0.2) is 41.0 Å². The van der Waals surface area contributed by atoms with Crippen molar-refractivity contribution in [3.05, 3.63) is 23.8 Å². The summed E-state index contributed by atoms with van der Waals surface area (Å²) in [6.45, 7) is 5.66. The first kappa shape index (κ1) is 13.0. The molecule has 1 aromatic rings. The standard InChI is InChI=1S/C15H24N4/c1-2-10-19(11-3-1)12-14-6-9-17-15(18-14)13-4-7-16-8-5-13/h6,9,13,16H,1-5,7-8,10-12H2. The van der Waals surface area contributed by atoms with E-state index in [9.17, 15) is 0 Å². The number of rotatable bonds is 3. The monoisotopic (exact) mass is 260 g/mol. The van der Waals surface area contributed by atoms with Crippen LogP contribution in [0.15, 0.2) is 12.3 Å². The Morgan fingerprint density at radius 3 is 2.74 bits per heavy atom. The number of nitrogens with zero attached hydrogens (tertiary/aromatic N) is 3. The third-order valence-corrected chi connectivity index (χ3v) is 4.27. The topological polar surface area (TPSA) is 41.1 Å². The first-order chi connectivity index (χ1) is 9.42. The lowest BCUT2D eigenvalue weighted by molar-refractivity contribution is 0.218. The van der Waals surface area contributed by atoms with E-state index in [2.05, 4.69) is 21.3 Å². The van der Waals surface area contributed by atoms with Crippen molar-refractivity contribution in [2.45, 2.75) is 44.6 Å². The van der Waals surface area contributed by atoms with Gasteiger partial charge in [-0.3, -0.25) is 4.90 Å². The summed E-state index contributed by atoms with van der Waals surface area (Å²) < 4.78 is 0. The molecule has 2 aliphatic rings. The van der Waals surface area contributed by atoms with Crippen molar-refractivity contribution in [3.63, 3.8) is 0 Å². The minimum Gasteiger partial charge on any atom is -0.317 e. The Balaban J connectivity index is 1.64. The maximum atomic E-state index is 4.81. The van der Waals surface area contributed by atoms with Crippen molar-refractivity contribution >= 4 is 0 Å². The van der Waals surface area contributed by atoms with E-state index >= 15 is 0 Å². The van der Waals surface area contributed by atoms with Crippen LogP contribution in [0.4, 0.5) is 0 Å². The van der Waals surface area contributed by atoms with E-state index in [1.807, 2.05) is 6.20 Å². The summed E-state index contributed by atoms with van der Waals surface area (Å²) in [5.74, 6) is 1.62. The van der Waals surface area contributed by atoms with Crippen molar-refractivity contribution in [2.75, 3.05) is 26.2 Å². The van der Waals surface area contributed by atoms with Gasteiger partial charge in [-0.15, -0.1) is 0 Å². The molecule has 0 atom stereocenters. The van der Waals surface area contributed by atoms with Crippen LogP contribution in [0.3, 0.4) is 0 Å². The summed E-state index contributed by atoms with van der Waals surface area (Å²) in [5.41, 5.74) is 1.20. The quantitative estimate of drug-likeness (QED) is 0.901. The average molecular weight is 260 g/mol. The van der Waals surface area contributed by atoms with E-state index < -0.39 is 0 Å². The lowest BCUT2D eigenvalue weighted by atomic mass is 9.97. The molecule has 0 bridgehead atoms. The van der Waals surface area contributed by atoms with Gasteiger partial charge in [-0.2, -0.15) is 0 Å². The second-order valence-electron chi connectivity index (χ2n) is 5.77. The van der Waals surface area contributed by atoms with Gasteiger partial charge in [0.1, 0.15) is 5.82 Å². The number of hydrogen-bond acceptors (Lipinski definition) is 4. The van der Waals surface area contributed by atoms with E-state index in [0.29, 0.717) is 5.92 Å². The Labute approximate surface area is 115 Å². The molecule has 3 rings (SSSR count). The highest BCUT2D eigenvalue weighted by Crippen LogP contribution is 2.22. The summed E-state index contributed by atoms with van der Waals surface area (Å²) in [7, 11) is 0. The number of piperidine rings is 2. The molecular weight excluding hydrogens is 236 g/mol. The molecule has 4 nitrogen and oxygen atoms in total. The molecule has 0 unspecified atom stereocenters. The fraction of sp³-hybridized carbons (Fsp3) is 0.733. The second kappa shape index (κ2) is 6.44. The molecular formula is C15H24N4. The van der Waals surface area contributed by atoms with Crippen LogP contribution < -0.4 is 5.32 Å². The molecule has 0 aromatic carbocycles. The van der Waals surface area contributed by atoms with Crippen molar-refractivity contribution < 1.29 is 0 Å². The number of hydrogen-bond donors (Lipinski definition) is 1. The van der Waals surface area contributed by atoms with Crippen LogP contribution in [0, 0.1) is 0 Å². The minimum atomic E-state index is 0.558. The smallest absolute Gasteiger partial charge is 0.131 e. The molecule has 4 heteroatoms. The summed E-state index contributed by atoms with van der Waals surface area (Å²) >= 11 is 0. The van der Waals surface area contributed by atoms with Gasteiger partial charge in [-0.05, 0) is 57.9 Å². The van der Waals surface area contributed by atoms with Gasteiger partial charge in [-0.25, -0.2) is 9.97 Å². The van der Waals surface area contributed by atoms with Gasteiger partial charge in [0.25, 0.3) is 0 Å². The van der Waals surface area contributed by atoms with E-state index in [4.69, 9.17) is 4.98 Å². The van der Waals surface area contributed by atoms with Gasteiger partial charge in [0.15, 0.2) is 0 Å². The van der Waals surface area contributed by atoms with Crippen LogP contribution >= 0.6 is 0 Å². The van der Waals surface area contributed by atoms with Crippen LogP contribution in [0.25, 0.3) is 0 Å². The number of nitrogens with one attached hydrogen (secondary N) is 1. The highest BCUT2D eigenvalue weighted by Gasteiger charge is 2.18. The zero-order valence-corrected chi connectivity index (χ0v) is 11.6. The van der Waals surface area contributed by atoms with E-state index in [-0.39, 0.29) is 0 Å². The third-order valence-electron chi connectivity index (χ3n) is 4.27. The lowest BCUT2D eigenvalue weighted by Crippen LogP contribution is -2.30. The highest BCUT2D eigenvalue weighted by atomic mass is 15.1. The molecule has 19 heavy (non-hydrogen) atoms. The Bertz CT molecular complexity index is 395. The molecule has 2 saturated heterocycles. The fourth-order valence-electron chi connectivity index (χ4n) is 3.12. The predicted octanol–water partition coefficient (Wildman–Crippen LogP) is 1.93. The molecule has 0 saturated carbocycles. The molecule has 1 N–H and O–H groups in total.